The number of amides is 2. The van der Waals surface area contributed by atoms with E-state index in [1.807, 2.05) is 19.1 Å². The van der Waals surface area contributed by atoms with Crippen molar-refractivity contribution in [3.8, 4) is 0 Å². The smallest absolute Gasteiger partial charge is 0.319 e. The number of urea groups is 1. The van der Waals surface area contributed by atoms with Gasteiger partial charge in [0, 0.05) is 16.8 Å². The Labute approximate surface area is 108 Å². The van der Waals surface area contributed by atoms with Crippen LogP contribution in [0.5, 0.6) is 0 Å². The summed E-state index contributed by atoms with van der Waals surface area (Å²) >= 11 is 5.85. The first-order valence-corrected chi connectivity index (χ1v) is 6.28. The predicted octanol–water partition coefficient (Wildman–Crippen LogP) is 3.96. The van der Waals surface area contributed by atoms with Gasteiger partial charge in [-0.3, -0.25) is 0 Å². The fourth-order valence-corrected chi connectivity index (χ4v) is 1.83. The van der Waals surface area contributed by atoms with Crippen LogP contribution in [-0.2, 0) is 0 Å². The summed E-state index contributed by atoms with van der Waals surface area (Å²) in [4.78, 5) is 11.7. The molecule has 94 valence electrons. The fraction of sp³-hybridized carbons (Fsp3) is 0.462. The van der Waals surface area contributed by atoms with Gasteiger partial charge in [0.05, 0.1) is 0 Å². The Hall–Kier alpha value is -1.22. The van der Waals surface area contributed by atoms with E-state index in [0.29, 0.717) is 5.02 Å². The number of hydrogen-bond acceptors (Lipinski definition) is 1. The summed E-state index contributed by atoms with van der Waals surface area (Å²) in [6, 6.07) is 5.46. The van der Waals surface area contributed by atoms with E-state index < -0.39 is 0 Å². The third kappa shape index (κ3) is 4.27. The number of anilines is 1. The topological polar surface area (TPSA) is 41.1 Å². The summed E-state index contributed by atoms with van der Waals surface area (Å²) in [6.45, 7) is 6.03. The average molecular weight is 255 g/mol. The van der Waals surface area contributed by atoms with Crippen LogP contribution in [0, 0.1) is 6.92 Å². The van der Waals surface area contributed by atoms with Gasteiger partial charge in [0.25, 0.3) is 0 Å². The largest absolute Gasteiger partial charge is 0.335 e. The number of nitrogens with one attached hydrogen (secondary N) is 2. The van der Waals surface area contributed by atoms with E-state index in [0.717, 1.165) is 24.1 Å². The molecular weight excluding hydrogens is 236 g/mol. The molecule has 1 aromatic rings. The third-order valence-corrected chi connectivity index (χ3v) is 2.99. The van der Waals surface area contributed by atoms with Gasteiger partial charge in [-0.25, -0.2) is 4.79 Å². The van der Waals surface area contributed by atoms with Crippen molar-refractivity contribution in [3.05, 3.63) is 28.8 Å². The molecule has 0 aliphatic rings. The SMILES string of the molecule is CCC(CC)NC(=O)Nc1ccc(Cl)cc1C. The van der Waals surface area contributed by atoms with Crippen LogP contribution in [0.4, 0.5) is 10.5 Å². The zero-order valence-electron chi connectivity index (χ0n) is 10.5. The van der Waals surface area contributed by atoms with E-state index in [2.05, 4.69) is 24.5 Å². The molecule has 0 unspecified atom stereocenters. The van der Waals surface area contributed by atoms with E-state index in [1.165, 1.54) is 0 Å². The second-order valence-corrected chi connectivity index (χ2v) is 4.51. The van der Waals surface area contributed by atoms with Gasteiger partial charge in [0.2, 0.25) is 0 Å². The molecule has 0 heterocycles. The molecule has 0 aromatic heterocycles. The number of hydrogen-bond donors (Lipinski definition) is 2. The molecule has 2 N–H and O–H groups in total. The molecule has 0 atom stereocenters. The summed E-state index contributed by atoms with van der Waals surface area (Å²) < 4.78 is 0. The lowest BCUT2D eigenvalue weighted by atomic mass is 10.2. The summed E-state index contributed by atoms with van der Waals surface area (Å²) in [5.41, 5.74) is 1.75. The van der Waals surface area contributed by atoms with Crippen molar-refractivity contribution in [1.29, 1.82) is 0 Å². The first-order chi connectivity index (χ1) is 8.06. The summed E-state index contributed by atoms with van der Waals surface area (Å²) in [6.07, 6.45) is 1.87. The Bertz CT molecular complexity index is 389. The molecule has 0 aliphatic carbocycles. The van der Waals surface area contributed by atoms with Crippen LogP contribution in [0.1, 0.15) is 32.3 Å². The van der Waals surface area contributed by atoms with Gasteiger partial charge in [-0.05, 0) is 43.5 Å². The van der Waals surface area contributed by atoms with Crippen molar-refractivity contribution < 1.29 is 4.79 Å². The number of carbonyl (C=O) groups is 1. The zero-order valence-corrected chi connectivity index (χ0v) is 11.3. The molecule has 0 saturated heterocycles. The molecule has 0 radical (unpaired) electrons. The van der Waals surface area contributed by atoms with Crippen LogP contribution in [0.2, 0.25) is 5.02 Å². The lowest BCUT2D eigenvalue weighted by Crippen LogP contribution is -2.37. The lowest BCUT2D eigenvalue weighted by molar-refractivity contribution is 0.247. The van der Waals surface area contributed by atoms with Gasteiger partial charge in [0.15, 0.2) is 0 Å². The minimum Gasteiger partial charge on any atom is -0.335 e. The average Bonchev–Trinajstić information content (AvgIpc) is 2.29. The highest BCUT2D eigenvalue weighted by Crippen LogP contribution is 2.19. The van der Waals surface area contributed by atoms with E-state index in [-0.39, 0.29) is 12.1 Å². The number of rotatable bonds is 4. The maximum atomic E-state index is 11.7. The van der Waals surface area contributed by atoms with E-state index >= 15 is 0 Å². The highest BCUT2D eigenvalue weighted by Gasteiger charge is 2.09. The predicted molar refractivity (Wildman–Crippen MR) is 72.7 cm³/mol. The van der Waals surface area contributed by atoms with Gasteiger partial charge in [-0.2, -0.15) is 0 Å². The van der Waals surface area contributed by atoms with E-state index in [4.69, 9.17) is 11.6 Å². The van der Waals surface area contributed by atoms with Crippen LogP contribution < -0.4 is 10.6 Å². The number of benzene rings is 1. The molecule has 1 aromatic carbocycles. The Morgan fingerprint density at radius 1 is 1.35 bits per heavy atom. The van der Waals surface area contributed by atoms with Gasteiger partial charge >= 0.3 is 6.03 Å². The van der Waals surface area contributed by atoms with Crippen LogP contribution >= 0.6 is 11.6 Å². The van der Waals surface area contributed by atoms with Crippen LogP contribution in [0.25, 0.3) is 0 Å². The van der Waals surface area contributed by atoms with Crippen molar-refractivity contribution in [2.45, 2.75) is 39.7 Å². The Kier molecular flexibility index (Phi) is 5.29. The maximum Gasteiger partial charge on any atom is 0.319 e. The molecule has 0 aliphatic heterocycles. The van der Waals surface area contributed by atoms with E-state index in [9.17, 15) is 4.79 Å². The first-order valence-electron chi connectivity index (χ1n) is 5.90. The van der Waals surface area contributed by atoms with Gasteiger partial charge < -0.3 is 10.6 Å². The van der Waals surface area contributed by atoms with Crippen molar-refractivity contribution in [2.75, 3.05) is 5.32 Å². The lowest BCUT2D eigenvalue weighted by Gasteiger charge is -2.16. The monoisotopic (exact) mass is 254 g/mol. The molecule has 3 nitrogen and oxygen atoms in total. The molecule has 4 heteroatoms. The molecule has 0 saturated carbocycles. The third-order valence-electron chi connectivity index (χ3n) is 2.76. The number of carbonyl (C=O) groups excluding carboxylic acids is 1. The van der Waals surface area contributed by atoms with Crippen LogP contribution in [-0.4, -0.2) is 12.1 Å². The summed E-state index contributed by atoms with van der Waals surface area (Å²) in [5.74, 6) is 0. The molecular formula is C13H19ClN2O. The van der Waals surface area contributed by atoms with E-state index in [1.54, 1.807) is 6.07 Å². The standard InChI is InChI=1S/C13H19ClN2O/c1-4-11(5-2)15-13(17)16-12-7-6-10(14)8-9(12)3/h6-8,11H,4-5H2,1-3H3,(H2,15,16,17). The van der Waals surface area contributed by atoms with Crippen LogP contribution in [0.3, 0.4) is 0 Å². The molecule has 2 amide bonds. The van der Waals surface area contributed by atoms with Crippen molar-refractivity contribution in [2.24, 2.45) is 0 Å². The zero-order chi connectivity index (χ0) is 12.8. The Morgan fingerprint density at radius 2 is 2.00 bits per heavy atom. The maximum absolute atomic E-state index is 11.7. The Balaban J connectivity index is 2.62. The minimum absolute atomic E-state index is 0.163. The van der Waals surface area contributed by atoms with Crippen LogP contribution in [0.15, 0.2) is 18.2 Å². The number of halogens is 1. The first kappa shape index (κ1) is 13.8. The normalized spacial score (nSPS) is 10.4. The second kappa shape index (κ2) is 6.50. The summed E-state index contributed by atoms with van der Waals surface area (Å²) in [7, 11) is 0. The molecule has 0 spiro atoms. The highest BCUT2D eigenvalue weighted by molar-refractivity contribution is 6.30. The quantitative estimate of drug-likeness (QED) is 0.839. The molecule has 17 heavy (non-hydrogen) atoms. The number of aryl methyl sites for hydroxylation is 1. The second-order valence-electron chi connectivity index (χ2n) is 4.07. The molecule has 0 bridgehead atoms. The van der Waals surface area contributed by atoms with Gasteiger partial charge in [0.1, 0.15) is 0 Å². The van der Waals surface area contributed by atoms with Crippen molar-refractivity contribution >= 4 is 23.3 Å². The minimum atomic E-state index is -0.163. The van der Waals surface area contributed by atoms with Gasteiger partial charge in [-0.15, -0.1) is 0 Å². The fourth-order valence-electron chi connectivity index (χ4n) is 1.60. The molecule has 1 rings (SSSR count). The van der Waals surface area contributed by atoms with Gasteiger partial charge in [-0.1, -0.05) is 25.4 Å². The summed E-state index contributed by atoms with van der Waals surface area (Å²) in [5, 5.41) is 6.43. The van der Waals surface area contributed by atoms with Crippen molar-refractivity contribution in [3.63, 3.8) is 0 Å². The Morgan fingerprint density at radius 3 is 2.53 bits per heavy atom. The molecule has 0 fully saturated rings. The van der Waals surface area contributed by atoms with Crippen molar-refractivity contribution in [1.82, 2.24) is 5.32 Å². The highest BCUT2D eigenvalue weighted by atomic mass is 35.5.